The minimum Gasteiger partial charge on any atom is -0.495 e. The molecule has 7 nitrogen and oxygen atoms in total. The fraction of sp³-hybridized carbons (Fsp3) is 0.435. The molecule has 8 heteroatoms. The molecule has 0 spiro atoms. The fourth-order valence-electron chi connectivity index (χ4n) is 3.83. The normalized spacial score (nSPS) is 14.6. The summed E-state index contributed by atoms with van der Waals surface area (Å²) < 4.78 is 39.2. The Balaban J connectivity index is 1.74. The third-order valence-electron chi connectivity index (χ3n) is 5.35. The Hall–Kier alpha value is -2.74. The van der Waals surface area contributed by atoms with E-state index in [-0.39, 0.29) is 16.6 Å². The van der Waals surface area contributed by atoms with Crippen molar-refractivity contribution in [1.29, 1.82) is 0 Å². The van der Waals surface area contributed by atoms with Crippen LogP contribution in [0.2, 0.25) is 0 Å². The van der Waals surface area contributed by atoms with Crippen LogP contribution in [-0.4, -0.2) is 28.0 Å². The number of carbonyl (C=O) groups is 1. The van der Waals surface area contributed by atoms with Crippen LogP contribution >= 0.6 is 0 Å². The largest absolute Gasteiger partial charge is 0.495 e. The quantitative estimate of drug-likeness (QED) is 0.577. The molecule has 1 saturated carbocycles. The molecular weight excluding hydrogens is 416 g/mol. The highest BCUT2D eigenvalue weighted by molar-refractivity contribution is 7.92. The van der Waals surface area contributed by atoms with Gasteiger partial charge in [0.1, 0.15) is 16.4 Å². The lowest BCUT2D eigenvalue weighted by molar-refractivity contribution is -0.117. The molecule has 168 valence electrons. The first-order valence-corrected chi connectivity index (χ1v) is 12.1. The number of anilines is 2. The lowest BCUT2D eigenvalue weighted by Crippen LogP contribution is -2.19. The van der Waals surface area contributed by atoms with Gasteiger partial charge in [0.05, 0.1) is 13.7 Å². The van der Waals surface area contributed by atoms with Crippen molar-refractivity contribution >= 4 is 27.3 Å². The number of rotatable bonds is 9. The zero-order valence-electron chi connectivity index (χ0n) is 18.0. The second-order valence-corrected chi connectivity index (χ2v) is 9.34. The van der Waals surface area contributed by atoms with Gasteiger partial charge in [-0.05, 0) is 68.1 Å². The maximum atomic E-state index is 13.0. The zero-order valence-corrected chi connectivity index (χ0v) is 18.8. The van der Waals surface area contributed by atoms with Crippen molar-refractivity contribution in [1.82, 2.24) is 0 Å². The third kappa shape index (κ3) is 6.37. The standard InChI is InChI=1S/C23H30N2O5S/c1-3-30-20-12-9-18(10-13-20)25-31(27,28)22-16-19(11-14-21(22)29-2)24-23(26)15-17-7-5-4-6-8-17/h9-14,16-17,25H,3-8,15H2,1-2H3,(H,24,26). The summed E-state index contributed by atoms with van der Waals surface area (Å²) in [5, 5.41) is 2.84. The summed E-state index contributed by atoms with van der Waals surface area (Å²) in [4.78, 5) is 12.4. The average molecular weight is 447 g/mol. The van der Waals surface area contributed by atoms with Gasteiger partial charge in [-0.25, -0.2) is 8.42 Å². The number of hydrogen-bond donors (Lipinski definition) is 2. The maximum Gasteiger partial charge on any atom is 0.265 e. The van der Waals surface area contributed by atoms with Crippen molar-refractivity contribution in [2.24, 2.45) is 5.92 Å². The lowest BCUT2D eigenvalue weighted by Gasteiger charge is -2.21. The highest BCUT2D eigenvalue weighted by Gasteiger charge is 2.22. The van der Waals surface area contributed by atoms with Gasteiger partial charge in [-0.1, -0.05) is 19.3 Å². The second-order valence-electron chi connectivity index (χ2n) is 7.68. The van der Waals surface area contributed by atoms with Gasteiger partial charge in [0.25, 0.3) is 10.0 Å². The third-order valence-corrected chi connectivity index (χ3v) is 6.76. The molecule has 2 aromatic rings. The van der Waals surface area contributed by atoms with E-state index in [0.29, 0.717) is 36.1 Å². The van der Waals surface area contributed by atoms with E-state index >= 15 is 0 Å². The molecule has 0 radical (unpaired) electrons. The number of ether oxygens (including phenoxy) is 2. The number of carbonyl (C=O) groups excluding carboxylic acids is 1. The van der Waals surface area contributed by atoms with Gasteiger partial charge in [0.2, 0.25) is 5.91 Å². The molecule has 0 aliphatic heterocycles. The fourth-order valence-corrected chi connectivity index (χ4v) is 5.08. The average Bonchev–Trinajstić information content (AvgIpc) is 2.76. The summed E-state index contributed by atoms with van der Waals surface area (Å²) >= 11 is 0. The summed E-state index contributed by atoms with van der Waals surface area (Å²) in [6, 6.07) is 11.3. The van der Waals surface area contributed by atoms with Gasteiger partial charge < -0.3 is 14.8 Å². The predicted octanol–water partition coefficient (Wildman–Crippen LogP) is 4.80. The highest BCUT2D eigenvalue weighted by Crippen LogP contribution is 2.30. The Morgan fingerprint density at radius 3 is 2.35 bits per heavy atom. The Bertz CT molecular complexity index is 984. The Morgan fingerprint density at radius 1 is 1.03 bits per heavy atom. The van der Waals surface area contributed by atoms with Gasteiger partial charge >= 0.3 is 0 Å². The van der Waals surface area contributed by atoms with E-state index in [0.717, 1.165) is 12.8 Å². The first-order valence-electron chi connectivity index (χ1n) is 10.6. The van der Waals surface area contributed by atoms with E-state index < -0.39 is 10.0 Å². The molecule has 2 N–H and O–H groups in total. The molecule has 0 bridgehead atoms. The first-order chi connectivity index (χ1) is 14.9. The molecule has 0 aromatic heterocycles. The van der Waals surface area contributed by atoms with Gasteiger partial charge in [0.15, 0.2) is 0 Å². The van der Waals surface area contributed by atoms with Crippen LogP contribution < -0.4 is 19.5 Å². The van der Waals surface area contributed by atoms with Crippen molar-refractivity contribution in [2.75, 3.05) is 23.8 Å². The molecule has 1 aliphatic rings. The Labute approximate surface area is 184 Å². The van der Waals surface area contributed by atoms with Gasteiger partial charge in [0, 0.05) is 17.8 Å². The van der Waals surface area contributed by atoms with E-state index in [4.69, 9.17) is 9.47 Å². The lowest BCUT2D eigenvalue weighted by atomic mass is 9.87. The number of amides is 1. The summed E-state index contributed by atoms with van der Waals surface area (Å²) in [7, 11) is -2.52. The number of sulfonamides is 1. The number of benzene rings is 2. The zero-order chi connectivity index (χ0) is 22.3. The molecule has 1 aliphatic carbocycles. The topological polar surface area (TPSA) is 93.7 Å². The minimum atomic E-state index is -3.93. The van der Waals surface area contributed by atoms with Crippen LogP contribution in [0.15, 0.2) is 47.4 Å². The molecule has 2 aromatic carbocycles. The Kier molecular flexibility index (Phi) is 7.79. The minimum absolute atomic E-state index is 0.0423. The molecule has 3 rings (SSSR count). The van der Waals surface area contributed by atoms with Crippen LogP contribution in [0.25, 0.3) is 0 Å². The van der Waals surface area contributed by atoms with E-state index in [2.05, 4.69) is 10.0 Å². The molecular formula is C23H30N2O5S. The van der Waals surface area contributed by atoms with Crippen LogP contribution in [0.3, 0.4) is 0 Å². The van der Waals surface area contributed by atoms with E-state index in [1.165, 1.54) is 32.4 Å². The second kappa shape index (κ2) is 10.5. The molecule has 0 unspecified atom stereocenters. The number of hydrogen-bond acceptors (Lipinski definition) is 5. The Morgan fingerprint density at radius 2 is 1.71 bits per heavy atom. The summed E-state index contributed by atoms with van der Waals surface area (Å²) in [6.45, 7) is 2.41. The monoisotopic (exact) mass is 446 g/mol. The summed E-state index contributed by atoms with van der Waals surface area (Å²) in [5.74, 6) is 1.16. The van der Waals surface area contributed by atoms with Crippen LogP contribution in [0.1, 0.15) is 45.4 Å². The van der Waals surface area contributed by atoms with Crippen molar-refractivity contribution in [2.45, 2.75) is 50.3 Å². The molecule has 0 heterocycles. The summed E-state index contributed by atoms with van der Waals surface area (Å²) in [6.07, 6.45) is 6.17. The van der Waals surface area contributed by atoms with Gasteiger partial charge in [-0.15, -0.1) is 0 Å². The van der Waals surface area contributed by atoms with Crippen LogP contribution in [0, 0.1) is 5.92 Å². The maximum absolute atomic E-state index is 13.0. The van der Waals surface area contributed by atoms with E-state index in [9.17, 15) is 13.2 Å². The van der Waals surface area contributed by atoms with Crippen LogP contribution in [0.4, 0.5) is 11.4 Å². The number of nitrogens with one attached hydrogen (secondary N) is 2. The molecule has 0 saturated heterocycles. The van der Waals surface area contributed by atoms with Gasteiger partial charge in [-0.3, -0.25) is 9.52 Å². The molecule has 31 heavy (non-hydrogen) atoms. The van der Waals surface area contributed by atoms with E-state index in [1.807, 2.05) is 6.92 Å². The van der Waals surface area contributed by atoms with Crippen molar-refractivity contribution in [3.8, 4) is 11.5 Å². The SMILES string of the molecule is CCOc1ccc(NS(=O)(=O)c2cc(NC(=O)CC3CCCCC3)ccc2OC)cc1. The highest BCUT2D eigenvalue weighted by atomic mass is 32.2. The smallest absolute Gasteiger partial charge is 0.265 e. The van der Waals surface area contributed by atoms with Crippen molar-refractivity contribution in [3.05, 3.63) is 42.5 Å². The van der Waals surface area contributed by atoms with Crippen LogP contribution in [0.5, 0.6) is 11.5 Å². The summed E-state index contributed by atoms with van der Waals surface area (Å²) in [5.41, 5.74) is 0.825. The first kappa shape index (κ1) is 22.9. The molecule has 0 atom stereocenters. The van der Waals surface area contributed by atoms with Gasteiger partial charge in [-0.2, -0.15) is 0 Å². The predicted molar refractivity (Wildman–Crippen MR) is 121 cm³/mol. The van der Waals surface area contributed by atoms with Crippen LogP contribution in [-0.2, 0) is 14.8 Å². The molecule has 1 amide bonds. The van der Waals surface area contributed by atoms with Crippen molar-refractivity contribution < 1.29 is 22.7 Å². The molecule has 1 fully saturated rings. The van der Waals surface area contributed by atoms with E-state index in [1.54, 1.807) is 36.4 Å². The number of methoxy groups -OCH3 is 1. The van der Waals surface area contributed by atoms with Crippen molar-refractivity contribution in [3.63, 3.8) is 0 Å².